The van der Waals surface area contributed by atoms with Crippen molar-refractivity contribution >= 4 is 78.4 Å². The molecule has 0 fully saturated rings. The summed E-state index contributed by atoms with van der Waals surface area (Å²) in [5, 5.41) is 10.4. The predicted molar refractivity (Wildman–Crippen MR) is 255 cm³/mol. The van der Waals surface area contributed by atoms with Gasteiger partial charge in [0.05, 0.1) is 0 Å². The van der Waals surface area contributed by atoms with Crippen molar-refractivity contribution in [1.82, 2.24) is 0 Å². The largest absolute Gasteiger partial charge is 0.310 e. The highest BCUT2D eigenvalue weighted by Gasteiger charge is 2.17. The standard InChI is InChI=1S/C58H41N/c1-2-11-41(12-3-1)48-17-9-19-51(37-48)59(53-35-36-55-50(39-53)34-30-43-13-4-6-21-54(43)55)52-20-10-18-49(38-52)42-26-23-40(24-27-42)25-28-45-15-8-16-46-32-33-47-31-29-44-14-5-7-22-56(44)58(47)57(45)46/h1-6,8-21,23-39H,7,22H2. The van der Waals surface area contributed by atoms with Crippen LogP contribution in [0, 0.1) is 0 Å². The van der Waals surface area contributed by atoms with E-state index in [1.807, 2.05) is 0 Å². The second-order valence-electron chi connectivity index (χ2n) is 15.6. The topological polar surface area (TPSA) is 3.24 Å². The van der Waals surface area contributed by atoms with E-state index in [9.17, 15) is 0 Å². The molecule has 0 aromatic heterocycles. The number of hydrogen-bond acceptors (Lipinski definition) is 1. The Kier molecular flexibility index (Phi) is 8.71. The molecule has 10 aromatic rings. The highest BCUT2D eigenvalue weighted by Crippen LogP contribution is 2.41. The van der Waals surface area contributed by atoms with Gasteiger partial charge in [-0.2, -0.15) is 0 Å². The van der Waals surface area contributed by atoms with E-state index in [0.717, 1.165) is 29.9 Å². The second kappa shape index (κ2) is 14.8. The molecule has 0 heterocycles. The van der Waals surface area contributed by atoms with Crippen molar-refractivity contribution in [2.45, 2.75) is 12.8 Å². The molecular weight excluding hydrogens is 711 g/mol. The summed E-state index contributed by atoms with van der Waals surface area (Å²) < 4.78 is 0. The van der Waals surface area contributed by atoms with E-state index in [-0.39, 0.29) is 0 Å². The van der Waals surface area contributed by atoms with Crippen LogP contribution in [-0.4, -0.2) is 0 Å². The Morgan fingerprint density at radius 3 is 1.81 bits per heavy atom. The Hall–Kier alpha value is -7.48. The lowest BCUT2D eigenvalue weighted by molar-refractivity contribution is 0.998. The van der Waals surface area contributed by atoms with E-state index in [1.54, 1.807) is 0 Å². The van der Waals surface area contributed by atoms with Gasteiger partial charge in [0.1, 0.15) is 0 Å². The summed E-state index contributed by atoms with van der Waals surface area (Å²) in [4.78, 5) is 2.39. The van der Waals surface area contributed by atoms with Crippen LogP contribution in [-0.2, 0) is 6.42 Å². The zero-order chi connectivity index (χ0) is 39.1. The van der Waals surface area contributed by atoms with Gasteiger partial charge in [0.15, 0.2) is 0 Å². The van der Waals surface area contributed by atoms with Gasteiger partial charge >= 0.3 is 0 Å². The second-order valence-corrected chi connectivity index (χ2v) is 15.6. The summed E-state index contributed by atoms with van der Waals surface area (Å²) in [5.74, 6) is 0. The van der Waals surface area contributed by atoms with Gasteiger partial charge in [0, 0.05) is 17.1 Å². The van der Waals surface area contributed by atoms with Gasteiger partial charge < -0.3 is 4.90 Å². The van der Waals surface area contributed by atoms with Crippen LogP contribution in [0.1, 0.15) is 28.7 Å². The number of allylic oxidation sites excluding steroid dienone is 1. The fourth-order valence-electron chi connectivity index (χ4n) is 9.15. The lowest BCUT2D eigenvalue weighted by atomic mass is 9.87. The van der Waals surface area contributed by atoms with Gasteiger partial charge in [-0.1, -0.05) is 188 Å². The Morgan fingerprint density at radius 2 is 1.00 bits per heavy atom. The molecule has 278 valence electrons. The predicted octanol–water partition coefficient (Wildman–Crippen LogP) is 16.2. The highest BCUT2D eigenvalue weighted by atomic mass is 15.1. The molecule has 0 atom stereocenters. The Morgan fingerprint density at radius 1 is 0.390 bits per heavy atom. The van der Waals surface area contributed by atoms with Gasteiger partial charge in [0.2, 0.25) is 0 Å². The summed E-state index contributed by atoms with van der Waals surface area (Å²) in [6.45, 7) is 0. The third-order valence-electron chi connectivity index (χ3n) is 12.1. The fourth-order valence-corrected chi connectivity index (χ4v) is 9.15. The molecule has 0 unspecified atom stereocenters. The summed E-state index contributed by atoms with van der Waals surface area (Å²) in [5.41, 5.74) is 13.3. The third kappa shape index (κ3) is 6.48. The summed E-state index contributed by atoms with van der Waals surface area (Å²) in [7, 11) is 0. The number of hydrogen-bond donors (Lipinski definition) is 0. The Labute approximate surface area is 345 Å². The number of aryl methyl sites for hydroxylation is 1. The van der Waals surface area contributed by atoms with Crippen LogP contribution in [0.15, 0.2) is 206 Å². The molecule has 0 bridgehead atoms. The van der Waals surface area contributed by atoms with E-state index in [4.69, 9.17) is 0 Å². The first-order valence-electron chi connectivity index (χ1n) is 20.6. The summed E-state index contributed by atoms with van der Waals surface area (Å²) in [6, 6.07) is 73.2. The summed E-state index contributed by atoms with van der Waals surface area (Å²) in [6.07, 6.45) is 11.3. The van der Waals surface area contributed by atoms with Crippen molar-refractivity contribution in [3.05, 3.63) is 229 Å². The van der Waals surface area contributed by atoms with Crippen LogP contribution in [0.2, 0.25) is 0 Å². The summed E-state index contributed by atoms with van der Waals surface area (Å²) >= 11 is 0. The molecule has 10 aromatic carbocycles. The van der Waals surface area contributed by atoms with Crippen molar-refractivity contribution in [3.8, 4) is 22.3 Å². The molecule has 1 heteroatoms. The van der Waals surface area contributed by atoms with Crippen molar-refractivity contribution in [2.75, 3.05) is 4.90 Å². The molecule has 11 rings (SSSR count). The van der Waals surface area contributed by atoms with Gasteiger partial charge in [-0.3, -0.25) is 0 Å². The minimum atomic E-state index is 1.08. The van der Waals surface area contributed by atoms with Gasteiger partial charge in [-0.15, -0.1) is 0 Å². The number of rotatable bonds is 7. The van der Waals surface area contributed by atoms with Gasteiger partial charge in [-0.25, -0.2) is 0 Å². The zero-order valence-electron chi connectivity index (χ0n) is 32.7. The Balaban J connectivity index is 0.957. The number of fused-ring (bicyclic) bond motifs is 8. The molecule has 1 nitrogen and oxygen atoms in total. The average molecular weight is 752 g/mol. The maximum Gasteiger partial charge on any atom is 0.0468 e. The molecule has 59 heavy (non-hydrogen) atoms. The molecule has 1 aliphatic rings. The normalized spacial score (nSPS) is 12.5. The van der Waals surface area contributed by atoms with Crippen LogP contribution in [0.5, 0.6) is 0 Å². The number of anilines is 3. The van der Waals surface area contributed by atoms with Crippen molar-refractivity contribution in [1.29, 1.82) is 0 Å². The molecule has 0 N–H and O–H groups in total. The van der Waals surface area contributed by atoms with Crippen molar-refractivity contribution in [3.63, 3.8) is 0 Å². The molecule has 0 radical (unpaired) electrons. The molecule has 0 saturated carbocycles. The average Bonchev–Trinajstić information content (AvgIpc) is 3.31. The van der Waals surface area contributed by atoms with E-state index >= 15 is 0 Å². The third-order valence-corrected chi connectivity index (χ3v) is 12.1. The van der Waals surface area contributed by atoms with Crippen LogP contribution in [0.25, 0.3) is 83.6 Å². The quantitative estimate of drug-likeness (QED) is 0.116. The first-order valence-corrected chi connectivity index (χ1v) is 20.6. The first kappa shape index (κ1) is 34.7. The van der Waals surface area contributed by atoms with E-state index in [0.29, 0.717) is 0 Å². The molecular formula is C58H41N. The maximum absolute atomic E-state index is 2.39. The Bertz CT molecular complexity index is 3260. The smallest absolute Gasteiger partial charge is 0.0468 e. The molecule has 0 spiro atoms. The number of benzene rings is 10. The zero-order valence-corrected chi connectivity index (χ0v) is 32.7. The van der Waals surface area contributed by atoms with E-state index in [2.05, 4.69) is 229 Å². The van der Waals surface area contributed by atoms with Crippen LogP contribution >= 0.6 is 0 Å². The first-order chi connectivity index (χ1) is 29.2. The maximum atomic E-state index is 2.39. The minimum Gasteiger partial charge on any atom is -0.310 e. The fraction of sp³-hybridized carbons (Fsp3) is 0.0345. The van der Waals surface area contributed by atoms with E-state index in [1.165, 1.54) is 87.6 Å². The molecule has 0 amide bonds. The van der Waals surface area contributed by atoms with E-state index < -0.39 is 0 Å². The monoisotopic (exact) mass is 751 g/mol. The molecule has 0 aliphatic heterocycles. The van der Waals surface area contributed by atoms with Gasteiger partial charge in [0.25, 0.3) is 0 Å². The molecule has 0 saturated heterocycles. The highest BCUT2D eigenvalue weighted by molar-refractivity contribution is 6.14. The minimum absolute atomic E-state index is 1.08. The lowest BCUT2D eigenvalue weighted by Gasteiger charge is -2.27. The van der Waals surface area contributed by atoms with Gasteiger partial charge in [-0.05, 0) is 137 Å². The van der Waals surface area contributed by atoms with Crippen LogP contribution in [0.3, 0.4) is 0 Å². The molecule has 1 aliphatic carbocycles. The van der Waals surface area contributed by atoms with Crippen molar-refractivity contribution < 1.29 is 0 Å². The van der Waals surface area contributed by atoms with Crippen LogP contribution < -0.4 is 4.90 Å². The van der Waals surface area contributed by atoms with Crippen molar-refractivity contribution in [2.24, 2.45) is 0 Å². The lowest BCUT2D eigenvalue weighted by Crippen LogP contribution is -2.10. The van der Waals surface area contributed by atoms with Crippen LogP contribution in [0.4, 0.5) is 17.1 Å². The number of nitrogens with zero attached hydrogens (tertiary/aromatic N) is 1. The SMILES string of the molecule is C1=Cc2ccc3ccc4cccc(C=Cc5ccc(-c6cccc(N(c7cccc(-c8ccccc8)c7)c7ccc8c(ccc9ccccc98)c7)c6)cc5)c4c3c2CC1.